The largest absolute Gasteiger partial charge is 0 e. The Balaban J connectivity index is 0. The number of hydrogen-bond acceptors (Lipinski definition) is 0. The van der Waals surface area contributed by atoms with Crippen molar-refractivity contribution in [3.8, 4) is 0 Å². The van der Waals surface area contributed by atoms with E-state index in [-0.39, 0.29) is 1780 Å². The minimum Gasteiger partial charge on any atom is 0 e. The van der Waals surface area contributed by atoms with Gasteiger partial charge in [-0.3, -0.25) is 0 Å². The van der Waals surface area contributed by atoms with Gasteiger partial charge < -0.3 is 0 Å². The summed E-state index contributed by atoms with van der Waals surface area (Å²) >= 11 is 0. The van der Waals surface area contributed by atoms with Gasteiger partial charge >= 0.3 is 0 Å². The van der Waals surface area contributed by atoms with Crippen LogP contribution in [0.2, 0.25) is 0 Å². The van der Waals surface area contributed by atoms with E-state index in [1.54, 1.807) is 0 Å². The summed E-state index contributed by atoms with van der Waals surface area (Å²) in [5, 5.41) is 0. The second kappa shape index (κ2) is 299. The molecule has 0 atom stereocenters. The van der Waals surface area contributed by atoms with Crippen LogP contribution >= 0.6 is 0 Å². The van der Waals surface area contributed by atoms with Crippen molar-refractivity contribution < 1.29 is 1780 Å². The predicted octanol–water partition coefficient (Wildman–Crippen LogP) is 0. The van der Waals surface area contributed by atoms with E-state index in [1.165, 1.54) is 0 Å². The van der Waals surface area contributed by atoms with Crippen LogP contribution in [0, 0.1) is 1780 Å². The van der Waals surface area contributed by atoms with E-state index in [0.29, 0.717) is 0 Å². The van der Waals surface area contributed by atoms with Crippen molar-refractivity contribution in [2.45, 2.75) is 0 Å². The molecule has 0 aliphatic heterocycles. The SMILES string of the molecule is [Sm].[Sm].[Sm].[Sm].[Sm].[Sm].[Sm].[Sm].[Sm].[Sm].[Sm].[Sm].[Sm].[Sm].[Sm].[Sm].[Sm].[Sm].[Sm].[Sm].[Sm].[Sm].[Sm].[Sm].[Sm].[Sm].[Sm].[Sm].[Sm].[Sm].[Sm].[Sm].[Sm].[Sm].[Sm].[Sm].[Sm].[Sm].[Sm].[Sm].[Sm].[Sm].[Sm].[Sm]. The number of rotatable bonds is 0. The summed E-state index contributed by atoms with van der Waals surface area (Å²) in [7, 11) is 0. The maximum atomic E-state index is 0. The van der Waals surface area contributed by atoms with Crippen molar-refractivity contribution >= 4 is 0 Å². The summed E-state index contributed by atoms with van der Waals surface area (Å²) in [6, 6.07) is 0. The van der Waals surface area contributed by atoms with Crippen LogP contribution < -0.4 is 0 Å². The van der Waals surface area contributed by atoms with Crippen LogP contribution in [0.3, 0.4) is 0 Å². The first-order valence-corrected chi connectivity index (χ1v) is 0. The summed E-state index contributed by atoms with van der Waals surface area (Å²) in [6.45, 7) is 0. The zero-order valence-corrected chi connectivity index (χ0v) is 133. The molecule has 0 radical (unpaired) electrons. The molecular weight excluding hydrogens is 6620 g/mol. The maximum absolute atomic E-state index is 0. The van der Waals surface area contributed by atoms with Crippen molar-refractivity contribution in [1.82, 2.24) is 0 Å². The van der Waals surface area contributed by atoms with Gasteiger partial charge in [0.15, 0.2) is 0 Å². The Labute approximate surface area is 1700 Å². The van der Waals surface area contributed by atoms with Crippen molar-refractivity contribution in [3.63, 3.8) is 0 Å². The van der Waals surface area contributed by atoms with Crippen LogP contribution in [0.1, 0.15) is 0 Å². The molecule has 44 heteroatoms. The molecule has 0 aliphatic carbocycles. The van der Waals surface area contributed by atoms with Crippen molar-refractivity contribution in [2.75, 3.05) is 0 Å². The van der Waals surface area contributed by atoms with Crippen LogP contribution in [0.5, 0.6) is 0 Å². The fourth-order valence-corrected chi connectivity index (χ4v) is 0. The summed E-state index contributed by atoms with van der Waals surface area (Å²) in [5.41, 5.74) is 0. The Morgan fingerprint density at radius 1 is 0.0227 bits per heavy atom. The third-order valence-electron chi connectivity index (χ3n) is 0. The Morgan fingerprint density at radius 2 is 0.0227 bits per heavy atom. The van der Waals surface area contributed by atoms with E-state index in [4.69, 9.17) is 0 Å². The van der Waals surface area contributed by atoms with Gasteiger partial charge in [0, 0.05) is 1780 Å². The van der Waals surface area contributed by atoms with Gasteiger partial charge in [-0.05, 0) is 0 Å². The first kappa shape index (κ1) is 308. The van der Waals surface area contributed by atoms with Crippen LogP contribution in [0.4, 0.5) is 0 Å². The molecule has 0 unspecified atom stereocenters. The molecule has 0 aliphatic rings. The summed E-state index contributed by atoms with van der Waals surface area (Å²) < 4.78 is 0. The summed E-state index contributed by atoms with van der Waals surface area (Å²) in [4.78, 5) is 0. The van der Waals surface area contributed by atoms with Crippen LogP contribution in [0.15, 0.2) is 0 Å². The molecule has 0 fully saturated rings. The second-order valence-corrected chi connectivity index (χ2v) is 0. The molecule has 0 N–H and O–H groups in total. The third kappa shape index (κ3) is 290. The van der Waals surface area contributed by atoms with E-state index < -0.39 is 0 Å². The minimum atomic E-state index is 0. The zero-order valence-electron chi connectivity index (χ0n) is 18.0. The van der Waals surface area contributed by atoms with E-state index in [9.17, 15) is 0 Å². The zero-order chi connectivity index (χ0) is 0. The predicted molar refractivity (Wildman–Crippen MR) is 0 cm³/mol. The van der Waals surface area contributed by atoms with E-state index >= 15 is 0 Å². The van der Waals surface area contributed by atoms with Gasteiger partial charge in [-0.15, -0.1) is 0 Å². The average Bonchev–Trinajstić information content (AvgIpc) is 0. The standard InChI is InChI=1S/44Sm. The minimum absolute atomic E-state index is 0. The van der Waals surface area contributed by atoms with Gasteiger partial charge in [0.2, 0.25) is 0 Å². The Bertz CT molecular complexity index is 0. The molecule has 0 rings (SSSR count). The van der Waals surface area contributed by atoms with Gasteiger partial charge in [0.1, 0.15) is 0 Å². The molecule has 264 valence electrons. The topological polar surface area (TPSA) is 0 Å². The Morgan fingerprint density at radius 3 is 0.0227 bits per heavy atom. The van der Waals surface area contributed by atoms with Gasteiger partial charge in [-0.1, -0.05) is 0 Å². The molecule has 0 aromatic heterocycles. The van der Waals surface area contributed by atoms with Crippen LogP contribution in [0.25, 0.3) is 0 Å². The van der Waals surface area contributed by atoms with Crippen LogP contribution in [-0.2, 0) is 0 Å². The quantitative estimate of drug-likeness (QED) is 0.321. The molecule has 44 heavy (non-hydrogen) atoms. The molecule has 0 amide bonds. The molecule has 0 heterocycles. The Kier molecular flexibility index (Phi) is 2090. The summed E-state index contributed by atoms with van der Waals surface area (Å²) in [6.07, 6.45) is 0. The monoisotopic (exact) mass is 6680 g/mol. The van der Waals surface area contributed by atoms with Gasteiger partial charge in [-0.2, -0.15) is 0 Å². The normalized spacial score (nSPS) is 0. The van der Waals surface area contributed by atoms with E-state index in [1.807, 2.05) is 0 Å². The second-order valence-electron chi connectivity index (χ2n) is 0. The van der Waals surface area contributed by atoms with Crippen molar-refractivity contribution in [3.05, 3.63) is 0 Å². The maximum Gasteiger partial charge on any atom is 0 e. The van der Waals surface area contributed by atoms with Gasteiger partial charge in [-0.25, -0.2) is 0 Å². The average molecular weight is 6620 g/mol. The summed E-state index contributed by atoms with van der Waals surface area (Å²) in [5.74, 6) is 0. The molecule has 0 saturated carbocycles. The molecule has 0 aromatic rings. The molecule has 0 saturated heterocycles. The van der Waals surface area contributed by atoms with Gasteiger partial charge in [0.05, 0.1) is 0 Å². The molecular formula is Sm44. The molecule has 0 bridgehead atoms. The fraction of sp³-hybridized carbons (Fsp3) is 0. The number of hydrogen-bond donors (Lipinski definition) is 0. The van der Waals surface area contributed by atoms with Gasteiger partial charge in [0.25, 0.3) is 0 Å². The first-order chi connectivity index (χ1) is 0. The first-order valence-electron chi connectivity index (χ1n) is 0. The fourth-order valence-electron chi connectivity index (χ4n) is 0. The molecule has 0 aromatic carbocycles. The Hall–Kier alpha value is 58.9. The smallest absolute Gasteiger partial charge is 0 e. The van der Waals surface area contributed by atoms with Crippen LogP contribution in [-0.4, -0.2) is 0 Å². The molecule has 0 spiro atoms. The van der Waals surface area contributed by atoms with Crippen molar-refractivity contribution in [2.24, 2.45) is 0 Å². The third-order valence-corrected chi connectivity index (χ3v) is 0. The van der Waals surface area contributed by atoms with E-state index in [2.05, 4.69) is 0 Å². The molecule has 0 nitrogen and oxygen atoms in total. The van der Waals surface area contributed by atoms with Crippen molar-refractivity contribution in [1.29, 1.82) is 0 Å². The van der Waals surface area contributed by atoms with E-state index in [0.717, 1.165) is 0 Å².